The predicted molar refractivity (Wildman–Crippen MR) is 69.1 cm³/mol. The van der Waals surface area contributed by atoms with E-state index in [9.17, 15) is 0 Å². The molecule has 0 aliphatic rings. The zero-order chi connectivity index (χ0) is 11.2. The van der Waals surface area contributed by atoms with Gasteiger partial charge in [-0.25, -0.2) is 9.97 Å². The Morgan fingerprint density at radius 3 is 3.12 bits per heavy atom. The zero-order valence-corrected chi connectivity index (χ0v) is 10.2. The van der Waals surface area contributed by atoms with Crippen molar-refractivity contribution in [2.45, 2.75) is 13.3 Å². The van der Waals surface area contributed by atoms with Gasteiger partial charge >= 0.3 is 0 Å². The largest absolute Gasteiger partial charge is 0.369 e. The fourth-order valence-corrected chi connectivity index (χ4v) is 2.32. The molecule has 2 heterocycles. The van der Waals surface area contributed by atoms with E-state index in [2.05, 4.69) is 27.5 Å². The summed E-state index contributed by atoms with van der Waals surface area (Å²) in [7, 11) is 0. The van der Waals surface area contributed by atoms with Gasteiger partial charge in [0.25, 0.3) is 0 Å². The maximum atomic E-state index is 4.26. The summed E-state index contributed by atoms with van der Waals surface area (Å²) >= 11 is 1.68. The second kappa shape index (κ2) is 5.77. The molecule has 16 heavy (non-hydrogen) atoms. The highest BCUT2D eigenvalue weighted by atomic mass is 32.1. The van der Waals surface area contributed by atoms with E-state index in [0.29, 0.717) is 0 Å². The lowest BCUT2D eigenvalue weighted by Crippen LogP contribution is -2.17. The number of fused-ring (bicyclic) bond motifs is 1. The average Bonchev–Trinajstić information content (AvgIpc) is 2.77. The molecule has 5 heteroatoms. The zero-order valence-electron chi connectivity index (χ0n) is 9.36. The van der Waals surface area contributed by atoms with Crippen molar-refractivity contribution in [2.24, 2.45) is 0 Å². The minimum absolute atomic E-state index is 0.941. The molecule has 0 aliphatic heterocycles. The summed E-state index contributed by atoms with van der Waals surface area (Å²) in [5.41, 5.74) is 1.02. The summed E-state index contributed by atoms with van der Waals surface area (Å²) in [4.78, 5) is 8.47. The van der Waals surface area contributed by atoms with Crippen LogP contribution in [0.3, 0.4) is 0 Å². The molecule has 0 amide bonds. The van der Waals surface area contributed by atoms with Gasteiger partial charge in [0.2, 0.25) is 0 Å². The van der Waals surface area contributed by atoms with Crippen LogP contribution in [-0.4, -0.2) is 29.6 Å². The summed E-state index contributed by atoms with van der Waals surface area (Å²) in [5.74, 6) is 0.955. The SMILES string of the molecule is CCNCCCNc1ncnc2ccsc12. The smallest absolute Gasteiger partial charge is 0.147 e. The average molecular weight is 236 g/mol. The first-order valence-electron chi connectivity index (χ1n) is 5.54. The molecular formula is C11H16N4S. The Balaban J connectivity index is 1.91. The normalized spacial score (nSPS) is 10.8. The maximum absolute atomic E-state index is 4.26. The second-order valence-electron chi connectivity index (χ2n) is 3.49. The highest BCUT2D eigenvalue weighted by molar-refractivity contribution is 7.17. The lowest BCUT2D eigenvalue weighted by atomic mass is 10.4. The van der Waals surface area contributed by atoms with Crippen molar-refractivity contribution < 1.29 is 0 Å². The van der Waals surface area contributed by atoms with E-state index in [1.165, 1.54) is 0 Å². The van der Waals surface area contributed by atoms with Gasteiger partial charge in [0.15, 0.2) is 0 Å². The van der Waals surface area contributed by atoms with Gasteiger partial charge in [-0.15, -0.1) is 11.3 Å². The van der Waals surface area contributed by atoms with E-state index in [4.69, 9.17) is 0 Å². The molecular weight excluding hydrogens is 220 g/mol. The summed E-state index contributed by atoms with van der Waals surface area (Å²) in [6.45, 7) is 5.13. The number of nitrogens with one attached hydrogen (secondary N) is 2. The molecule has 2 N–H and O–H groups in total. The van der Waals surface area contributed by atoms with Crippen LogP contribution in [0.25, 0.3) is 10.2 Å². The Kier molecular flexibility index (Phi) is 4.07. The van der Waals surface area contributed by atoms with Gasteiger partial charge in [0, 0.05) is 6.54 Å². The highest BCUT2D eigenvalue weighted by Gasteiger charge is 2.03. The van der Waals surface area contributed by atoms with E-state index in [1.807, 2.05) is 11.4 Å². The molecule has 0 spiro atoms. The van der Waals surface area contributed by atoms with Gasteiger partial charge in [-0.05, 0) is 31.0 Å². The van der Waals surface area contributed by atoms with Crippen molar-refractivity contribution in [1.29, 1.82) is 0 Å². The third kappa shape index (κ3) is 2.68. The molecule has 4 nitrogen and oxygen atoms in total. The summed E-state index contributed by atoms with van der Waals surface area (Å²) in [5, 5.41) is 8.69. The topological polar surface area (TPSA) is 49.8 Å². The molecule has 0 aliphatic carbocycles. The van der Waals surface area contributed by atoms with Crippen LogP contribution in [0.15, 0.2) is 17.8 Å². The molecule has 2 aromatic rings. The summed E-state index contributed by atoms with van der Waals surface area (Å²) in [6.07, 6.45) is 2.71. The van der Waals surface area contributed by atoms with Gasteiger partial charge < -0.3 is 10.6 Å². The second-order valence-corrected chi connectivity index (χ2v) is 4.41. The number of hydrogen-bond acceptors (Lipinski definition) is 5. The van der Waals surface area contributed by atoms with Crippen LogP contribution in [0.4, 0.5) is 5.82 Å². The van der Waals surface area contributed by atoms with Gasteiger partial charge in [-0.3, -0.25) is 0 Å². The predicted octanol–water partition coefficient (Wildman–Crippen LogP) is 2.10. The van der Waals surface area contributed by atoms with Crippen molar-refractivity contribution in [3.63, 3.8) is 0 Å². The molecule has 0 saturated carbocycles. The monoisotopic (exact) mass is 236 g/mol. The fraction of sp³-hybridized carbons (Fsp3) is 0.455. The van der Waals surface area contributed by atoms with Crippen LogP contribution in [0.2, 0.25) is 0 Å². The molecule has 0 bridgehead atoms. The number of nitrogens with zero attached hydrogens (tertiary/aromatic N) is 2. The van der Waals surface area contributed by atoms with E-state index >= 15 is 0 Å². The summed E-state index contributed by atoms with van der Waals surface area (Å²) < 4.78 is 1.14. The third-order valence-electron chi connectivity index (χ3n) is 2.32. The molecule has 0 radical (unpaired) electrons. The molecule has 0 atom stereocenters. The van der Waals surface area contributed by atoms with Crippen LogP contribution in [0.5, 0.6) is 0 Å². The van der Waals surface area contributed by atoms with Crippen molar-refractivity contribution in [3.8, 4) is 0 Å². The van der Waals surface area contributed by atoms with Gasteiger partial charge in [-0.1, -0.05) is 6.92 Å². The number of thiophene rings is 1. The Morgan fingerprint density at radius 2 is 2.25 bits per heavy atom. The van der Waals surface area contributed by atoms with E-state index in [1.54, 1.807) is 17.7 Å². The van der Waals surface area contributed by atoms with E-state index < -0.39 is 0 Å². The number of rotatable bonds is 6. The van der Waals surface area contributed by atoms with Crippen LogP contribution in [-0.2, 0) is 0 Å². The standard InChI is InChI=1S/C11H16N4S/c1-2-12-5-3-6-13-11-10-9(4-7-16-10)14-8-15-11/h4,7-8,12H,2-3,5-6H2,1H3,(H,13,14,15). The van der Waals surface area contributed by atoms with Gasteiger partial charge in [0.05, 0.1) is 10.2 Å². The maximum Gasteiger partial charge on any atom is 0.147 e. The highest BCUT2D eigenvalue weighted by Crippen LogP contribution is 2.24. The van der Waals surface area contributed by atoms with Crippen molar-refractivity contribution in [1.82, 2.24) is 15.3 Å². The number of aromatic nitrogens is 2. The minimum Gasteiger partial charge on any atom is -0.369 e. The first-order valence-corrected chi connectivity index (χ1v) is 6.42. The molecule has 2 rings (SSSR count). The lowest BCUT2D eigenvalue weighted by molar-refractivity contribution is 0.688. The van der Waals surface area contributed by atoms with Crippen molar-refractivity contribution in [2.75, 3.05) is 25.0 Å². The van der Waals surface area contributed by atoms with Crippen LogP contribution in [0.1, 0.15) is 13.3 Å². The number of anilines is 1. The van der Waals surface area contributed by atoms with Crippen LogP contribution in [0, 0.1) is 0 Å². The Morgan fingerprint density at radius 1 is 1.31 bits per heavy atom. The van der Waals surface area contributed by atoms with Gasteiger partial charge in [0.1, 0.15) is 12.1 Å². The Labute approximate surface area is 99.1 Å². The minimum atomic E-state index is 0.941. The van der Waals surface area contributed by atoms with E-state index in [0.717, 1.165) is 42.1 Å². The first-order chi connectivity index (χ1) is 7.92. The van der Waals surface area contributed by atoms with E-state index in [-0.39, 0.29) is 0 Å². The molecule has 86 valence electrons. The van der Waals surface area contributed by atoms with Crippen LogP contribution < -0.4 is 10.6 Å². The Bertz CT molecular complexity index is 440. The fourth-order valence-electron chi connectivity index (χ4n) is 1.51. The van der Waals surface area contributed by atoms with Crippen molar-refractivity contribution in [3.05, 3.63) is 17.8 Å². The van der Waals surface area contributed by atoms with Gasteiger partial charge in [-0.2, -0.15) is 0 Å². The van der Waals surface area contributed by atoms with Crippen LogP contribution >= 0.6 is 11.3 Å². The molecule has 0 aromatic carbocycles. The first kappa shape index (κ1) is 11.3. The van der Waals surface area contributed by atoms with Crippen molar-refractivity contribution >= 4 is 27.4 Å². The summed E-state index contributed by atoms with van der Waals surface area (Å²) in [6, 6.07) is 2.02. The Hall–Kier alpha value is -1.20. The lowest BCUT2D eigenvalue weighted by Gasteiger charge is -2.06. The third-order valence-corrected chi connectivity index (χ3v) is 3.23. The molecule has 0 unspecified atom stereocenters. The molecule has 0 fully saturated rings. The number of hydrogen-bond donors (Lipinski definition) is 2. The molecule has 2 aromatic heterocycles. The quantitative estimate of drug-likeness (QED) is 0.754. The molecule has 0 saturated heterocycles.